The van der Waals surface area contributed by atoms with Crippen molar-refractivity contribution in [3.63, 3.8) is 0 Å². The van der Waals surface area contributed by atoms with Gasteiger partial charge in [0.05, 0.1) is 37.1 Å². The summed E-state index contributed by atoms with van der Waals surface area (Å²) in [7, 11) is 0. The van der Waals surface area contributed by atoms with Crippen LogP contribution in [0.4, 0.5) is 0 Å². The third-order valence-electron chi connectivity index (χ3n) is 9.44. The van der Waals surface area contributed by atoms with E-state index in [9.17, 15) is 24.3 Å². The van der Waals surface area contributed by atoms with Gasteiger partial charge < -0.3 is 29.7 Å². The number of hydrogen-bond acceptors (Lipinski definition) is 7. The van der Waals surface area contributed by atoms with E-state index in [1.54, 1.807) is 17.1 Å². The molecule has 3 aliphatic heterocycles. The van der Waals surface area contributed by atoms with E-state index in [4.69, 9.17) is 9.47 Å². The van der Waals surface area contributed by atoms with Crippen LogP contribution < -0.4 is 5.32 Å². The number of ether oxygens (including phenoxy) is 2. The van der Waals surface area contributed by atoms with Crippen molar-refractivity contribution < 1.29 is 33.8 Å². The molecule has 246 valence electrons. The fourth-order valence-corrected chi connectivity index (χ4v) is 7.23. The molecular formula is C35H49N3O7. The van der Waals surface area contributed by atoms with Crippen LogP contribution in [0.1, 0.15) is 72.0 Å². The summed E-state index contributed by atoms with van der Waals surface area (Å²) in [4.78, 5) is 58.7. The van der Waals surface area contributed by atoms with E-state index in [1.807, 2.05) is 65.0 Å². The number of esters is 1. The average molecular weight is 624 g/mol. The Morgan fingerprint density at radius 1 is 1.20 bits per heavy atom. The van der Waals surface area contributed by atoms with Crippen LogP contribution in [-0.2, 0) is 28.7 Å². The highest BCUT2D eigenvalue weighted by atomic mass is 16.6. The minimum absolute atomic E-state index is 0.0585. The summed E-state index contributed by atoms with van der Waals surface area (Å²) in [6.07, 6.45) is 3.62. The molecule has 2 N–H and O–H groups in total. The number of benzene rings is 1. The molecule has 7 atom stereocenters. The molecule has 10 nitrogen and oxygen atoms in total. The number of likely N-dealkylation sites (tertiary alicyclic amines) is 1. The molecule has 3 saturated heterocycles. The van der Waals surface area contributed by atoms with E-state index in [1.165, 1.54) is 4.90 Å². The zero-order valence-electron chi connectivity index (χ0n) is 27.2. The van der Waals surface area contributed by atoms with Crippen LogP contribution in [0.5, 0.6) is 0 Å². The summed E-state index contributed by atoms with van der Waals surface area (Å²) in [5.41, 5.74) is -1.13. The number of aliphatic hydroxyl groups is 1. The number of nitrogens with zero attached hydrogens (tertiary/aromatic N) is 2. The van der Waals surface area contributed by atoms with Gasteiger partial charge in [-0.3, -0.25) is 19.2 Å². The van der Waals surface area contributed by atoms with Crippen LogP contribution in [0, 0.1) is 17.8 Å². The molecule has 0 aromatic heterocycles. The molecule has 2 bridgehead atoms. The number of carbonyl (C=O) groups excluding carboxylic acids is 4. The highest BCUT2D eigenvalue weighted by Gasteiger charge is 2.76. The van der Waals surface area contributed by atoms with Crippen molar-refractivity contribution in [2.75, 3.05) is 19.7 Å². The third-order valence-corrected chi connectivity index (χ3v) is 9.44. The number of allylic oxidation sites excluding steroid dienone is 1. The molecule has 1 aromatic carbocycles. The van der Waals surface area contributed by atoms with E-state index >= 15 is 0 Å². The highest BCUT2D eigenvalue weighted by molar-refractivity contribution is 5.98. The molecule has 45 heavy (non-hydrogen) atoms. The van der Waals surface area contributed by atoms with E-state index in [-0.39, 0.29) is 49.8 Å². The summed E-state index contributed by atoms with van der Waals surface area (Å²) >= 11 is 0. The number of fused-ring (bicyclic) bond motifs is 1. The average Bonchev–Trinajstić information content (AvgIpc) is 3.64. The Labute approximate surface area is 266 Å². The van der Waals surface area contributed by atoms with Crippen molar-refractivity contribution in [3.05, 3.63) is 61.2 Å². The van der Waals surface area contributed by atoms with Crippen molar-refractivity contribution in [3.8, 4) is 0 Å². The quantitative estimate of drug-likeness (QED) is 0.240. The highest BCUT2D eigenvalue weighted by Crippen LogP contribution is 2.59. The van der Waals surface area contributed by atoms with E-state index in [0.717, 1.165) is 0 Å². The third kappa shape index (κ3) is 6.58. The second kappa shape index (κ2) is 13.9. The SMILES string of the molecule is C=CCCC(=O)NC[C@@H](OC(=O)[C@@H]1[C@H]2C(=O)N([C@@H](CO)C(C)C)[C@H](C(=O)N(CC=C)C(C)(C)C)[C@]23CC[C@H]1O3)c1ccccc1. The van der Waals surface area contributed by atoms with Gasteiger partial charge in [0.2, 0.25) is 17.7 Å². The lowest BCUT2D eigenvalue weighted by Crippen LogP contribution is -2.62. The molecule has 3 heterocycles. The number of nitrogens with one attached hydrogen (secondary N) is 1. The second-order valence-electron chi connectivity index (χ2n) is 13.7. The maximum Gasteiger partial charge on any atom is 0.313 e. The monoisotopic (exact) mass is 623 g/mol. The van der Waals surface area contributed by atoms with Gasteiger partial charge in [-0.2, -0.15) is 0 Å². The van der Waals surface area contributed by atoms with Crippen LogP contribution in [-0.4, -0.2) is 87.6 Å². The first-order valence-electron chi connectivity index (χ1n) is 16.0. The first-order valence-corrected chi connectivity index (χ1v) is 16.0. The van der Waals surface area contributed by atoms with Crippen LogP contribution in [0.2, 0.25) is 0 Å². The summed E-state index contributed by atoms with van der Waals surface area (Å²) in [5, 5.41) is 13.3. The van der Waals surface area contributed by atoms with Gasteiger partial charge in [-0.1, -0.05) is 56.3 Å². The van der Waals surface area contributed by atoms with E-state index in [0.29, 0.717) is 24.8 Å². The molecule has 10 heteroatoms. The first kappa shape index (κ1) is 34.4. The van der Waals surface area contributed by atoms with Gasteiger partial charge in [0, 0.05) is 18.5 Å². The van der Waals surface area contributed by atoms with Gasteiger partial charge in [-0.15, -0.1) is 13.2 Å². The Balaban J connectivity index is 1.69. The maximum atomic E-state index is 14.5. The predicted molar refractivity (Wildman–Crippen MR) is 170 cm³/mol. The van der Waals surface area contributed by atoms with Gasteiger partial charge in [0.15, 0.2) is 0 Å². The lowest BCUT2D eigenvalue weighted by atomic mass is 9.70. The Hall–Kier alpha value is -3.50. The van der Waals surface area contributed by atoms with Crippen molar-refractivity contribution in [2.45, 2.75) is 95.7 Å². The van der Waals surface area contributed by atoms with Crippen molar-refractivity contribution in [1.82, 2.24) is 15.1 Å². The minimum atomic E-state index is -1.24. The predicted octanol–water partition coefficient (Wildman–Crippen LogP) is 3.56. The molecule has 0 radical (unpaired) electrons. The van der Waals surface area contributed by atoms with Gasteiger partial charge >= 0.3 is 5.97 Å². The number of rotatable bonds is 14. The number of carbonyl (C=O) groups is 4. The zero-order chi connectivity index (χ0) is 33.1. The van der Waals surface area contributed by atoms with Crippen molar-refractivity contribution in [1.29, 1.82) is 0 Å². The van der Waals surface area contributed by atoms with Crippen LogP contribution in [0.25, 0.3) is 0 Å². The minimum Gasteiger partial charge on any atom is -0.455 e. The normalized spacial score (nSPS) is 26.7. The maximum absolute atomic E-state index is 14.5. The molecule has 4 rings (SSSR count). The molecule has 0 unspecified atom stereocenters. The zero-order valence-corrected chi connectivity index (χ0v) is 27.2. The fourth-order valence-electron chi connectivity index (χ4n) is 7.23. The standard InChI is InChI=1S/C35H49N3O7/c1-8-10-16-27(40)36-20-26(23-14-12-11-13-15-23)44-33(43)28-25-17-18-35(45-25)29(28)31(41)38(24(21-39)22(3)4)30(35)32(42)37(19-9-2)34(5,6)7/h8-9,11-15,22,24-26,28-30,39H,1-2,10,16-21H2,3-7H3,(H,36,40)/t24-,25+,26+,28-,29-,30+,35-/m0/s1. The van der Waals surface area contributed by atoms with Gasteiger partial charge in [-0.25, -0.2) is 0 Å². The molecule has 0 aliphatic carbocycles. The van der Waals surface area contributed by atoms with Gasteiger partial charge in [-0.05, 0) is 51.5 Å². The second-order valence-corrected chi connectivity index (χ2v) is 13.7. The molecular weight excluding hydrogens is 574 g/mol. The molecule has 0 saturated carbocycles. The van der Waals surface area contributed by atoms with Crippen LogP contribution in [0.3, 0.4) is 0 Å². The Kier molecular flexibility index (Phi) is 10.6. The Bertz CT molecular complexity index is 1280. The smallest absolute Gasteiger partial charge is 0.313 e. The van der Waals surface area contributed by atoms with Crippen LogP contribution in [0.15, 0.2) is 55.6 Å². The molecule has 3 aliphatic rings. The van der Waals surface area contributed by atoms with Crippen molar-refractivity contribution in [2.24, 2.45) is 17.8 Å². The van der Waals surface area contributed by atoms with Gasteiger partial charge in [0.1, 0.15) is 17.7 Å². The summed E-state index contributed by atoms with van der Waals surface area (Å²) in [6, 6.07) is 7.46. The fraction of sp³-hybridized carbons (Fsp3) is 0.600. The summed E-state index contributed by atoms with van der Waals surface area (Å²) in [5.74, 6) is -3.53. The first-order chi connectivity index (χ1) is 21.3. The molecule has 3 amide bonds. The largest absolute Gasteiger partial charge is 0.455 e. The Morgan fingerprint density at radius 3 is 2.47 bits per heavy atom. The number of hydrogen-bond donors (Lipinski definition) is 2. The lowest BCUT2D eigenvalue weighted by molar-refractivity contribution is -0.161. The van der Waals surface area contributed by atoms with Crippen molar-refractivity contribution >= 4 is 23.7 Å². The summed E-state index contributed by atoms with van der Waals surface area (Å²) in [6.45, 7) is 17.0. The van der Waals surface area contributed by atoms with Crippen LogP contribution >= 0.6 is 0 Å². The summed E-state index contributed by atoms with van der Waals surface area (Å²) < 4.78 is 12.7. The topological polar surface area (TPSA) is 125 Å². The number of amides is 3. The number of aliphatic hydroxyl groups excluding tert-OH is 1. The molecule has 1 spiro atoms. The van der Waals surface area contributed by atoms with E-state index in [2.05, 4.69) is 18.5 Å². The van der Waals surface area contributed by atoms with E-state index < -0.39 is 53.2 Å². The molecule has 3 fully saturated rings. The van der Waals surface area contributed by atoms with Gasteiger partial charge in [0.25, 0.3) is 0 Å². The Morgan fingerprint density at radius 2 is 1.89 bits per heavy atom. The lowest BCUT2D eigenvalue weighted by Gasteiger charge is -2.44. The molecule has 1 aromatic rings.